The number of hydrogen-bond donors (Lipinski definition) is 2. The Morgan fingerprint density at radius 2 is 2.38 bits per heavy atom. The number of amidine groups is 1. The second kappa shape index (κ2) is 2.74. The molecule has 3 N–H and O–H groups in total. The molecular weight excluding hydrogens is 188 g/mol. The van der Waals surface area contributed by atoms with E-state index in [0.717, 1.165) is 9.54 Å². The molecule has 0 bridgehead atoms. The van der Waals surface area contributed by atoms with Crippen LogP contribution in [-0.2, 0) is 4.74 Å². The van der Waals surface area contributed by atoms with Gasteiger partial charge >= 0.3 is 6.02 Å². The van der Waals surface area contributed by atoms with Crippen molar-refractivity contribution in [3.8, 4) is 0 Å². The standard InChI is InChI=1S/C7H8N4OS/c1-3-5(13-4(2)9-3)6-10-11-7(8)12-6/h10H,1H2,2H3,(H2,8,11). The van der Waals surface area contributed by atoms with E-state index in [0.29, 0.717) is 11.2 Å². The van der Waals surface area contributed by atoms with Crippen molar-refractivity contribution in [3.63, 3.8) is 0 Å². The molecular formula is C7H8N4OS. The van der Waals surface area contributed by atoms with E-state index in [-0.39, 0.29) is 6.02 Å². The normalized spacial score (nSPS) is 19.3. The van der Waals surface area contributed by atoms with Crippen LogP contribution < -0.4 is 21.0 Å². The first-order chi connectivity index (χ1) is 6.16. The number of nitrogens with two attached hydrogens (primary N) is 1. The molecule has 1 aromatic rings. The van der Waals surface area contributed by atoms with Gasteiger partial charge < -0.3 is 10.5 Å². The van der Waals surface area contributed by atoms with Gasteiger partial charge in [0.2, 0.25) is 5.88 Å². The molecule has 0 saturated heterocycles. The molecule has 0 spiro atoms. The highest BCUT2D eigenvalue weighted by Crippen LogP contribution is 2.00. The molecule has 2 rings (SSSR count). The van der Waals surface area contributed by atoms with Gasteiger partial charge in [0, 0.05) is 0 Å². The third-order valence-electron chi connectivity index (χ3n) is 1.48. The van der Waals surface area contributed by atoms with Crippen molar-refractivity contribution < 1.29 is 4.74 Å². The molecule has 0 unspecified atom stereocenters. The van der Waals surface area contributed by atoms with Gasteiger partial charge in [-0.3, -0.25) is 0 Å². The van der Waals surface area contributed by atoms with Gasteiger partial charge in [-0.1, -0.05) is 6.58 Å². The van der Waals surface area contributed by atoms with E-state index in [2.05, 4.69) is 22.1 Å². The minimum absolute atomic E-state index is 0.112. The maximum absolute atomic E-state index is 5.33. The summed E-state index contributed by atoms with van der Waals surface area (Å²) in [4.78, 5) is 4.16. The minimum atomic E-state index is 0.112. The Hall–Kier alpha value is -1.56. The van der Waals surface area contributed by atoms with E-state index in [9.17, 15) is 0 Å². The average molecular weight is 196 g/mol. The summed E-state index contributed by atoms with van der Waals surface area (Å²) in [7, 11) is 0. The molecule has 68 valence electrons. The van der Waals surface area contributed by atoms with Crippen molar-refractivity contribution in [2.75, 3.05) is 0 Å². The Balaban J connectivity index is 2.57. The van der Waals surface area contributed by atoms with Crippen LogP contribution in [0.5, 0.6) is 0 Å². The van der Waals surface area contributed by atoms with E-state index in [1.807, 2.05) is 6.92 Å². The lowest BCUT2D eigenvalue weighted by atomic mass is 10.6. The summed E-state index contributed by atoms with van der Waals surface area (Å²) in [6.45, 7) is 5.68. The Kier molecular flexibility index (Phi) is 1.70. The fourth-order valence-electron chi connectivity index (χ4n) is 1.00. The highest BCUT2D eigenvalue weighted by atomic mass is 32.1. The number of aromatic nitrogens is 1. The molecule has 1 aliphatic heterocycles. The first kappa shape index (κ1) is 8.06. The highest BCUT2D eigenvalue weighted by Gasteiger charge is 2.11. The van der Waals surface area contributed by atoms with Gasteiger partial charge in [-0.05, 0) is 6.92 Å². The summed E-state index contributed by atoms with van der Waals surface area (Å²) >= 11 is 1.49. The monoisotopic (exact) mass is 196 g/mol. The second-order valence-corrected chi connectivity index (χ2v) is 3.70. The maximum Gasteiger partial charge on any atom is 0.311 e. The van der Waals surface area contributed by atoms with Gasteiger partial charge in [0.1, 0.15) is 4.53 Å². The summed E-state index contributed by atoms with van der Waals surface area (Å²) in [6.07, 6.45) is 0. The van der Waals surface area contributed by atoms with Gasteiger partial charge in [-0.25, -0.2) is 10.4 Å². The van der Waals surface area contributed by atoms with E-state index in [1.54, 1.807) is 0 Å². The van der Waals surface area contributed by atoms with Crippen LogP contribution in [0.1, 0.15) is 5.01 Å². The van der Waals surface area contributed by atoms with Gasteiger partial charge in [0.05, 0.1) is 10.4 Å². The van der Waals surface area contributed by atoms with E-state index < -0.39 is 0 Å². The van der Waals surface area contributed by atoms with Gasteiger partial charge in [0.25, 0.3) is 0 Å². The number of aryl methyl sites for hydroxylation is 1. The first-order valence-electron chi connectivity index (χ1n) is 3.60. The smallest absolute Gasteiger partial charge is 0.311 e. The van der Waals surface area contributed by atoms with Crippen LogP contribution in [0.4, 0.5) is 0 Å². The lowest BCUT2D eigenvalue weighted by Gasteiger charge is -1.92. The van der Waals surface area contributed by atoms with Crippen molar-refractivity contribution in [1.82, 2.24) is 10.4 Å². The van der Waals surface area contributed by atoms with Crippen molar-refractivity contribution in [2.24, 2.45) is 10.8 Å². The number of ether oxygens (including phenoxy) is 1. The second-order valence-electron chi connectivity index (χ2n) is 2.50. The Labute approximate surface area is 78.2 Å². The van der Waals surface area contributed by atoms with Crippen LogP contribution in [0.2, 0.25) is 0 Å². The Bertz CT molecular complexity index is 475. The molecule has 1 aromatic heterocycles. The zero-order valence-corrected chi connectivity index (χ0v) is 7.81. The summed E-state index contributed by atoms with van der Waals surface area (Å²) in [5.74, 6) is 0.508. The van der Waals surface area contributed by atoms with Crippen LogP contribution in [0.3, 0.4) is 0 Å². The number of nitrogens with zero attached hydrogens (tertiary/aromatic N) is 2. The van der Waals surface area contributed by atoms with Crippen LogP contribution in [0.15, 0.2) is 5.10 Å². The SMILES string of the molecule is C=c1nc(C)sc1=C1NN=C(N)O1. The van der Waals surface area contributed by atoms with Crippen molar-refractivity contribution in [2.45, 2.75) is 6.92 Å². The molecule has 5 nitrogen and oxygen atoms in total. The topological polar surface area (TPSA) is 72.5 Å². The van der Waals surface area contributed by atoms with Crippen molar-refractivity contribution in [1.29, 1.82) is 0 Å². The molecule has 6 heteroatoms. The minimum Gasteiger partial charge on any atom is -0.405 e. The lowest BCUT2D eigenvalue weighted by Crippen LogP contribution is -2.26. The molecule has 2 heterocycles. The number of hydrazone groups is 1. The van der Waals surface area contributed by atoms with E-state index in [4.69, 9.17) is 10.5 Å². The van der Waals surface area contributed by atoms with Gasteiger partial charge in [-0.2, -0.15) is 0 Å². The highest BCUT2D eigenvalue weighted by molar-refractivity contribution is 7.09. The fraction of sp³-hybridized carbons (Fsp3) is 0.143. The summed E-state index contributed by atoms with van der Waals surface area (Å²) in [6, 6.07) is 0.112. The third kappa shape index (κ3) is 1.35. The van der Waals surface area contributed by atoms with Crippen LogP contribution in [-0.4, -0.2) is 11.0 Å². The molecule has 13 heavy (non-hydrogen) atoms. The molecule has 0 amide bonds. The van der Waals surface area contributed by atoms with Crippen LogP contribution in [0, 0.1) is 6.92 Å². The van der Waals surface area contributed by atoms with Gasteiger partial charge in [-0.15, -0.1) is 16.4 Å². The predicted octanol–water partition coefficient (Wildman–Crippen LogP) is -1.22. The first-order valence-corrected chi connectivity index (χ1v) is 4.42. The molecule has 0 atom stereocenters. The average Bonchev–Trinajstić information content (AvgIpc) is 2.58. The maximum atomic E-state index is 5.33. The van der Waals surface area contributed by atoms with E-state index >= 15 is 0 Å². The molecule has 0 fully saturated rings. The largest absolute Gasteiger partial charge is 0.405 e. The van der Waals surface area contributed by atoms with Crippen molar-refractivity contribution in [3.05, 3.63) is 14.9 Å². The number of thiazole rings is 1. The van der Waals surface area contributed by atoms with Crippen LogP contribution in [0.25, 0.3) is 12.5 Å². The fourth-order valence-corrected chi connectivity index (χ4v) is 1.80. The zero-order chi connectivity index (χ0) is 9.42. The molecule has 0 saturated carbocycles. The molecule has 0 aromatic carbocycles. The van der Waals surface area contributed by atoms with Crippen LogP contribution >= 0.6 is 11.3 Å². The Morgan fingerprint density at radius 3 is 2.85 bits per heavy atom. The number of hydrogen-bond acceptors (Lipinski definition) is 6. The quantitative estimate of drug-likeness (QED) is 0.545. The zero-order valence-electron chi connectivity index (χ0n) is 7.00. The number of nitrogens with one attached hydrogen (secondary N) is 1. The molecule has 0 aliphatic carbocycles. The lowest BCUT2D eigenvalue weighted by molar-refractivity contribution is 0.497. The summed E-state index contributed by atoms with van der Waals surface area (Å²) in [5.41, 5.74) is 7.99. The molecule has 0 radical (unpaired) electrons. The summed E-state index contributed by atoms with van der Waals surface area (Å²) in [5, 5.41) is 5.29. The van der Waals surface area contributed by atoms with Gasteiger partial charge in [0.15, 0.2) is 0 Å². The third-order valence-corrected chi connectivity index (χ3v) is 2.50. The summed E-state index contributed by atoms with van der Waals surface area (Å²) < 4.78 is 5.94. The number of rotatable bonds is 0. The van der Waals surface area contributed by atoms with E-state index in [1.165, 1.54) is 11.3 Å². The van der Waals surface area contributed by atoms with Crippen molar-refractivity contribution >= 4 is 29.8 Å². The molecule has 1 aliphatic rings. The predicted molar refractivity (Wildman–Crippen MR) is 50.9 cm³/mol. The Morgan fingerprint density at radius 1 is 1.62 bits per heavy atom.